The Labute approximate surface area is 109 Å². The summed E-state index contributed by atoms with van der Waals surface area (Å²) in [6.07, 6.45) is -0.213. The van der Waals surface area contributed by atoms with E-state index in [1.807, 2.05) is 19.1 Å². The van der Waals surface area contributed by atoms with Crippen molar-refractivity contribution in [2.24, 2.45) is 0 Å². The van der Waals surface area contributed by atoms with Gasteiger partial charge in [-0.2, -0.15) is 0 Å². The van der Waals surface area contributed by atoms with Crippen molar-refractivity contribution in [3.05, 3.63) is 29.8 Å². The Balaban J connectivity index is 2.48. The molecule has 1 atom stereocenters. The summed E-state index contributed by atoms with van der Waals surface area (Å²) in [5.74, 6) is 0.903. The van der Waals surface area contributed by atoms with Crippen LogP contribution in [0.25, 0.3) is 0 Å². The Bertz CT molecular complexity index is 322. The number of hydrogen-bond acceptors (Lipinski definition) is 4. The third kappa shape index (κ3) is 4.64. The SMILES string of the molecule is CCOc1ccc(C(C)NCC(OC)OC)cc1. The van der Waals surface area contributed by atoms with E-state index in [0.29, 0.717) is 13.2 Å². The van der Waals surface area contributed by atoms with E-state index in [9.17, 15) is 0 Å². The van der Waals surface area contributed by atoms with Crippen molar-refractivity contribution in [1.29, 1.82) is 0 Å². The number of benzene rings is 1. The molecule has 0 saturated carbocycles. The molecule has 0 saturated heterocycles. The van der Waals surface area contributed by atoms with Crippen molar-refractivity contribution in [2.75, 3.05) is 27.4 Å². The van der Waals surface area contributed by atoms with Crippen molar-refractivity contribution in [2.45, 2.75) is 26.2 Å². The normalized spacial score (nSPS) is 12.7. The van der Waals surface area contributed by atoms with Gasteiger partial charge in [0.15, 0.2) is 6.29 Å². The highest BCUT2D eigenvalue weighted by Crippen LogP contribution is 2.17. The number of methoxy groups -OCH3 is 2. The molecule has 0 aliphatic rings. The maximum Gasteiger partial charge on any atom is 0.169 e. The lowest BCUT2D eigenvalue weighted by molar-refractivity contribution is -0.0997. The number of rotatable bonds is 8. The highest BCUT2D eigenvalue weighted by molar-refractivity contribution is 5.28. The Hall–Kier alpha value is -1.10. The highest BCUT2D eigenvalue weighted by Gasteiger charge is 2.09. The number of nitrogens with one attached hydrogen (secondary N) is 1. The summed E-state index contributed by atoms with van der Waals surface area (Å²) < 4.78 is 15.7. The van der Waals surface area contributed by atoms with Gasteiger partial charge in [-0.3, -0.25) is 0 Å². The summed E-state index contributed by atoms with van der Waals surface area (Å²) in [5, 5.41) is 3.36. The van der Waals surface area contributed by atoms with Gasteiger partial charge in [0.2, 0.25) is 0 Å². The largest absolute Gasteiger partial charge is 0.494 e. The van der Waals surface area contributed by atoms with Crippen LogP contribution in [0.3, 0.4) is 0 Å². The summed E-state index contributed by atoms with van der Waals surface area (Å²) in [7, 11) is 3.27. The molecule has 0 aliphatic carbocycles. The third-order valence-corrected chi connectivity index (χ3v) is 2.81. The molecule has 0 bridgehead atoms. The first-order chi connectivity index (χ1) is 8.71. The topological polar surface area (TPSA) is 39.7 Å². The minimum atomic E-state index is -0.213. The van der Waals surface area contributed by atoms with E-state index in [1.54, 1.807) is 14.2 Å². The molecule has 1 unspecified atom stereocenters. The lowest BCUT2D eigenvalue weighted by Gasteiger charge is -2.19. The van der Waals surface area contributed by atoms with Crippen LogP contribution < -0.4 is 10.1 Å². The maximum absolute atomic E-state index is 5.41. The Morgan fingerprint density at radius 2 is 1.72 bits per heavy atom. The molecule has 1 aromatic rings. The van der Waals surface area contributed by atoms with E-state index in [1.165, 1.54) is 5.56 Å². The molecule has 1 N–H and O–H groups in total. The molecule has 0 fully saturated rings. The molecule has 0 radical (unpaired) electrons. The van der Waals surface area contributed by atoms with Gasteiger partial charge in [0.25, 0.3) is 0 Å². The van der Waals surface area contributed by atoms with Crippen LogP contribution in [0.5, 0.6) is 5.75 Å². The van der Waals surface area contributed by atoms with Crippen LogP contribution in [0.1, 0.15) is 25.5 Å². The molecule has 4 nitrogen and oxygen atoms in total. The summed E-state index contributed by atoms with van der Waals surface area (Å²) >= 11 is 0. The minimum absolute atomic E-state index is 0.213. The van der Waals surface area contributed by atoms with E-state index in [0.717, 1.165) is 5.75 Å². The van der Waals surface area contributed by atoms with Gasteiger partial charge in [-0.15, -0.1) is 0 Å². The van der Waals surface area contributed by atoms with Crippen LogP contribution in [0.4, 0.5) is 0 Å². The molecule has 0 amide bonds. The smallest absolute Gasteiger partial charge is 0.169 e. The first kappa shape index (κ1) is 15.0. The van der Waals surface area contributed by atoms with Crippen LogP contribution in [-0.2, 0) is 9.47 Å². The zero-order valence-electron chi connectivity index (χ0n) is 11.6. The highest BCUT2D eigenvalue weighted by atomic mass is 16.7. The Morgan fingerprint density at radius 3 is 2.22 bits per heavy atom. The van der Waals surface area contributed by atoms with Crippen LogP contribution >= 0.6 is 0 Å². The van der Waals surface area contributed by atoms with Crippen LogP contribution in [0, 0.1) is 0 Å². The second kappa shape index (κ2) is 8.08. The molecule has 102 valence electrons. The van der Waals surface area contributed by atoms with Gasteiger partial charge >= 0.3 is 0 Å². The van der Waals surface area contributed by atoms with Gasteiger partial charge in [-0.25, -0.2) is 0 Å². The van der Waals surface area contributed by atoms with Crippen molar-refractivity contribution >= 4 is 0 Å². The van der Waals surface area contributed by atoms with E-state index in [-0.39, 0.29) is 12.3 Å². The second-order valence-corrected chi connectivity index (χ2v) is 4.03. The molecular formula is C14H23NO3. The summed E-state index contributed by atoms with van der Waals surface area (Å²) in [5.41, 5.74) is 1.21. The van der Waals surface area contributed by atoms with E-state index in [2.05, 4.69) is 24.4 Å². The van der Waals surface area contributed by atoms with Crippen LogP contribution in [-0.4, -0.2) is 33.7 Å². The van der Waals surface area contributed by atoms with Gasteiger partial charge in [0, 0.05) is 26.8 Å². The fourth-order valence-corrected chi connectivity index (χ4v) is 1.67. The monoisotopic (exact) mass is 253 g/mol. The maximum atomic E-state index is 5.41. The fraction of sp³-hybridized carbons (Fsp3) is 0.571. The molecule has 1 aromatic carbocycles. The third-order valence-electron chi connectivity index (χ3n) is 2.81. The number of hydrogen-bond donors (Lipinski definition) is 1. The Morgan fingerprint density at radius 1 is 1.11 bits per heavy atom. The lowest BCUT2D eigenvalue weighted by atomic mass is 10.1. The first-order valence-electron chi connectivity index (χ1n) is 6.23. The van der Waals surface area contributed by atoms with E-state index in [4.69, 9.17) is 14.2 Å². The van der Waals surface area contributed by atoms with Gasteiger partial charge in [0.05, 0.1) is 6.61 Å². The van der Waals surface area contributed by atoms with Crippen molar-refractivity contribution in [1.82, 2.24) is 5.32 Å². The second-order valence-electron chi connectivity index (χ2n) is 4.03. The van der Waals surface area contributed by atoms with Gasteiger partial charge in [-0.1, -0.05) is 12.1 Å². The molecule has 0 aliphatic heterocycles. The fourth-order valence-electron chi connectivity index (χ4n) is 1.67. The van der Waals surface area contributed by atoms with Gasteiger partial charge < -0.3 is 19.5 Å². The van der Waals surface area contributed by atoms with Crippen molar-refractivity contribution in [3.8, 4) is 5.75 Å². The molecule has 0 heterocycles. The van der Waals surface area contributed by atoms with Gasteiger partial charge in [-0.05, 0) is 31.5 Å². The average Bonchev–Trinajstić information content (AvgIpc) is 2.41. The van der Waals surface area contributed by atoms with Crippen molar-refractivity contribution < 1.29 is 14.2 Å². The molecule has 0 spiro atoms. The molecular weight excluding hydrogens is 230 g/mol. The summed E-state index contributed by atoms with van der Waals surface area (Å²) in [6.45, 7) is 5.43. The molecule has 0 aromatic heterocycles. The lowest BCUT2D eigenvalue weighted by Crippen LogP contribution is -2.31. The molecule has 1 rings (SSSR count). The number of ether oxygens (including phenoxy) is 3. The quantitative estimate of drug-likeness (QED) is 0.722. The average molecular weight is 253 g/mol. The first-order valence-corrected chi connectivity index (χ1v) is 6.23. The summed E-state index contributed by atoms with van der Waals surface area (Å²) in [4.78, 5) is 0. The van der Waals surface area contributed by atoms with Gasteiger partial charge in [0.1, 0.15) is 5.75 Å². The molecule has 4 heteroatoms. The predicted octanol–water partition coefficient (Wildman–Crippen LogP) is 2.35. The van der Waals surface area contributed by atoms with Crippen LogP contribution in [0.15, 0.2) is 24.3 Å². The van der Waals surface area contributed by atoms with E-state index >= 15 is 0 Å². The molecule has 18 heavy (non-hydrogen) atoms. The predicted molar refractivity (Wildman–Crippen MR) is 71.8 cm³/mol. The van der Waals surface area contributed by atoms with Crippen LogP contribution in [0.2, 0.25) is 0 Å². The Kier molecular flexibility index (Phi) is 6.72. The standard InChI is InChI=1S/C14H23NO3/c1-5-18-13-8-6-12(7-9-13)11(2)15-10-14(16-3)17-4/h6-9,11,14-15H,5,10H2,1-4H3. The minimum Gasteiger partial charge on any atom is -0.494 e. The van der Waals surface area contributed by atoms with E-state index < -0.39 is 0 Å². The zero-order valence-corrected chi connectivity index (χ0v) is 11.6. The van der Waals surface area contributed by atoms with Crippen molar-refractivity contribution in [3.63, 3.8) is 0 Å². The summed E-state index contributed by atoms with van der Waals surface area (Å²) in [6, 6.07) is 8.35. The zero-order chi connectivity index (χ0) is 13.4.